The Kier molecular flexibility index (Phi) is 44.2. The number of carboxylic acid groups (broad SMARTS) is 1. The zero-order chi connectivity index (χ0) is 36.7. The standard InChI is InChI=1S/2C8H16N2O.C5H11NO2.C4H9N.C4H6O2.C2H4O2.CH5N/c2*1-9-5-4-8(11)10-6-2-3-7-10;1-6-4-3-5(7)8-2;1-2-4-5-3-1;1-3-4(5)6-2;1-2(3)4;1-2/h2*9H,2-7H2,1H3;6H,3-4H2,1-2H3;5H,1-4H2;3H,1H2,2H3;1H3,(H,3,4);2H2,1H3. The van der Waals surface area contributed by atoms with Gasteiger partial charge in [-0.25, -0.2) is 4.79 Å². The van der Waals surface area contributed by atoms with Gasteiger partial charge >= 0.3 is 11.9 Å². The first kappa shape index (κ1) is 50.7. The summed E-state index contributed by atoms with van der Waals surface area (Å²) in [5.74, 6) is -1.01. The Morgan fingerprint density at radius 1 is 0.809 bits per heavy atom. The molecular formula is C32H67N7O8. The number of carbonyl (C=O) groups is 5. The Hall–Kier alpha value is -3.11. The van der Waals surface area contributed by atoms with E-state index >= 15 is 0 Å². The minimum Gasteiger partial charge on any atom is -0.550 e. The van der Waals surface area contributed by atoms with Crippen LogP contribution in [0.4, 0.5) is 0 Å². The number of rotatable bonds is 10. The first-order valence-electron chi connectivity index (χ1n) is 16.4. The number of nitrogens with two attached hydrogens (primary N) is 2. The van der Waals surface area contributed by atoms with Crippen molar-refractivity contribution in [3.05, 3.63) is 12.7 Å². The van der Waals surface area contributed by atoms with Crippen molar-refractivity contribution in [2.24, 2.45) is 5.73 Å². The van der Waals surface area contributed by atoms with Crippen LogP contribution < -0.4 is 32.1 Å². The van der Waals surface area contributed by atoms with Gasteiger partial charge in [0.2, 0.25) is 11.8 Å². The van der Waals surface area contributed by atoms with Crippen LogP contribution in [0.15, 0.2) is 12.7 Å². The number of hydrogen-bond acceptors (Lipinski definition) is 12. The van der Waals surface area contributed by atoms with Gasteiger partial charge in [-0.15, -0.1) is 0 Å². The fourth-order valence-corrected chi connectivity index (χ4v) is 3.79. The zero-order valence-corrected chi connectivity index (χ0v) is 30.3. The van der Waals surface area contributed by atoms with E-state index in [1.165, 1.54) is 72.9 Å². The molecule has 0 aromatic rings. The van der Waals surface area contributed by atoms with Crippen LogP contribution in [0.1, 0.15) is 64.7 Å². The topological polar surface area (TPSA) is 212 Å². The van der Waals surface area contributed by atoms with E-state index < -0.39 is 11.9 Å². The molecule has 0 spiro atoms. The van der Waals surface area contributed by atoms with Crippen molar-refractivity contribution in [1.29, 1.82) is 0 Å². The second-order valence-corrected chi connectivity index (χ2v) is 10.1. The van der Waals surface area contributed by atoms with Crippen molar-refractivity contribution in [2.45, 2.75) is 64.7 Å². The van der Waals surface area contributed by atoms with E-state index in [9.17, 15) is 19.2 Å². The molecule has 0 saturated carbocycles. The number of quaternary nitrogens is 1. The van der Waals surface area contributed by atoms with E-state index in [0.29, 0.717) is 37.6 Å². The largest absolute Gasteiger partial charge is 0.550 e. The summed E-state index contributed by atoms with van der Waals surface area (Å²) in [7, 11) is 9.86. The molecule has 0 aromatic carbocycles. The van der Waals surface area contributed by atoms with Crippen LogP contribution in [0.25, 0.3) is 0 Å². The number of hydrogen-bond donors (Lipinski definition) is 5. The normalized spacial score (nSPS) is 13.7. The molecule has 3 saturated heterocycles. The Balaban J connectivity index is -0.000000242. The molecule has 0 unspecified atom stereocenters. The lowest BCUT2D eigenvalue weighted by molar-refractivity contribution is -0.625. The van der Waals surface area contributed by atoms with E-state index in [-0.39, 0.29) is 5.97 Å². The number of nitrogens with zero attached hydrogens (tertiary/aromatic N) is 2. The Morgan fingerprint density at radius 2 is 1.21 bits per heavy atom. The maximum atomic E-state index is 11.3. The van der Waals surface area contributed by atoms with Gasteiger partial charge in [-0.3, -0.25) is 14.4 Å². The van der Waals surface area contributed by atoms with Gasteiger partial charge in [-0.1, -0.05) is 6.58 Å². The fraction of sp³-hybridized carbons (Fsp3) is 0.781. The molecule has 3 fully saturated rings. The fourth-order valence-electron chi connectivity index (χ4n) is 3.79. The van der Waals surface area contributed by atoms with E-state index in [1.54, 1.807) is 7.05 Å². The van der Waals surface area contributed by atoms with Gasteiger partial charge in [0, 0.05) is 57.7 Å². The number of likely N-dealkylation sites (tertiary alicyclic amines) is 2. The van der Waals surface area contributed by atoms with Crippen molar-refractivity contribution >= 4 is 29.7 Å². The number of esters is 2. The molecule has 0 radical (unpaired) electrons. The lowest BCUT2D eigenvalue weighted by Gasteiger charge is -2.14. The summed E-state index contributed by atoms with van der Waals surface area (Å²) >= 11 is 0. The summed E-state index contributed by atoms with van der Waals surface area (Å²) in [6.07, 6.45) is 10.5. The molecule has 3 aliphatic heterocycles. The lowest BCUT2D eigenvalue weighted by atomic mass is 10.4. The molecule has 3 aliphatic rings. The summed E-state index contributed by atoms with van der Waals surface area (Å²) in [5, 5.41) is 20.0. The molecule has 3 rings (SSSR count). The molecule has 0 aromatic heterocycles. The SMILES string of the molecule is C1CCNC1.C=CC(=O)OC.CC(=O)[O-].CN.CNCCC(=O)N1CCCC1.CNCCC(=O)OC.C[NH2+]CCC(=O)N1CCCC1. The highest BCUT2D eigenvalue weighted by molar-refractivity contribution is 5.81. The van der Waals surface area contributed by atoms with Gasteiger partial charge in [0.15, 0.2) is 0 Å². The van der Waals surface area contributed by atoms with Crippen molar-refractivity contribution in [3.63, 3.8) is 0 Å². The number of ether oxygens (including phenoxy) is 2. The summed E-state index contributed by atoms with van der Waals surface area (Å²) < 4.78 is 8.52. The van der Waals surface area contributed by atoms with E-state index in [4.69, 9.17) is 9.90 Å². The molecular weight excluding hydrogens is 610 g/mol. The number of methoxy groups -OCH3 is 2. The van der Waals surface area contributed by atoms with Crippen LogP contribution >= 0.6 is 0 Å². The third-order valence-electron chi connectivity index (χ3n) is 6.29. The number of carbonyl (C=O) groups excluding carboxylic acids is 5. The van der Waals surface area contributed by atoms with Gasteiger partial charge in [0.05, 0.1) is 40.7 Å². The quantitative estimate of drug-likeness (QED) is 0.128. The Bertz CT molecular complexity index is 729. The van der Waals surface area contributed by atoms with Crippen LogP contribution in [0, 0.1) is 0 Å². The Morgan fingerprint density at radius 3 is 1.49 bits per heavy atom. The molecule has 47 heavy (non-hydrogen) atoms. The van der Waals surface area contributed by atoms with Gasteiger partial charge < -0.3 is 56.2 Å². The van der Waals surface area contributed by atoms with Crippen LogP contribution in [0.2, 0.25) is 0 Å². The van der Waals surface area contributed by atoms with Crippen LogP contribution in [-0.4, -0.2) is 141 Å². The first-order valence-corrected chi connectivity index (χ1v) is 16.4. The highest BCUT2D eigenvalue weighted by Gasteiger charge is 2.17. The smallest absolute Gasteiger partial charge is 0.329 e. The summed E-state index contributed by atoms with van der Waals surface area (Å²) in [6, 6.07) is 0. The minimum atomic E-state index is -1.08. The summed E-state index contributed by atoms with van der Waals surface area (Å²) in [4.78, 5) is 55.6. The third kappa shape index (κ3) is 40.9. The van der Waals surface area contributed by atoms with Gasteiger partial charge in [-0.05, 0) is 79.7 Å². The van der Waals surface area contributed by atoms with Crippen LogP contribution in [0.3, 0.4) is 0 Å². The van der Waals surface area contributed by atoms with Crippen LogP contribution in [-0.2, 0) is 33.4 Å². The molecule has 7 N–H and O–H groups in total. The van der Waals surface area contributed by atoms with E-state index in [1.807, 2.05) is 29.2 Å². The maximum absolute atomic E-state index is 11.3. The number of amides is 2. The summed E-state index contributed by atoms with van der Waals surface area (Å²) in [5.41, 5.74) is 4.50. The number of aliphatic carboxylic acids is 1. The average Bonchev–Trinajstić information content (AvgIpc) is 3.92. The van der Waals surface area contributed by atoms with Gasteiger partial charge in [0.1, 0.15) is 0 Å². The monoisotopic (exact) mass is 678 g/mol. The van der Waals surface area contributed by atoms with E-state index in [2.05, 4.69) is 37.7 Å². The van der Waals surface area contributed by atoms with Crippen molar-refractivity contribution in [3.8, 4) is 0 Å². The molecule has 3 heterocycles. The molecule has 0 bridgehead atoms. The number of nitrogens with one attached hydrogen (secondary N) is 3. The Labute approximate surface area is 283 Å². The number of carboxylic acids is 1. The van der Waals surface area contributed by atoms with Crippen molar-refractivity contribution < 1.29 is 43.9 Å². The average molecular weight is 678 g/mol. The predicted molar refractivity (Wildman–Crippen MR) is 183 cm³/mol. The molecule has 278 valence electrons. The van der Waals surface area contributed by atoms with Crippen LogP contribution in [0.5, 0.6) is 0 Å². The van der Waals surface area contributed by atoms with Crippen molar-refractivity contribution in [1.82, 2.24) is 25.8 Å². The second-order valence-electron chi connectivity index (χ2n) is 10.1. The zero-order valence-electron chi connectivity index (χ0n) is 30.3. The highest BCUT2D eigenvalue weighted by atomic mass is 16.5. The van der Waals surface area contributed by atoms with E-state index in [0.717, 1.165) is 52.3 Å². The molecule has 2 amide bonds. The molecule has 15 nitrogen and oxygen atoms in total. The minimum absolute atomic E-state index is 0.167. The lowest BCUT2D eigenvalue weighted by Crippen LogP contribution is -2.80. The molecule has 0 atom stereocenters. The summed E-state index contributed by atoms with van der Waals surface area (Å²) in [6.45, 7) is 13.0. The van der Waals surface area contributed by atoms with Crippen molar-refractivity contribution in [2.75, 3.05) is 101 Å². The maximum Gasteiger partial charge on any atom is 0.329 e. The molecule has 15 heteroatoms. The predicted octanol–water partition coefficient (Wildman–Crippen LogP) is -1.77. The first-order chi connectivity index (χ1) is 22.5. The second kappa shape index (κ2) is 40.9. The van der Waals surface area contributed by atoms with Gasteiger partial charge in [-0.2, -0.15) is 0 Å². The highest BCUT2D eigenvalue weighted by Crippen LogP contribution is 2.08. The van der Waals surface area contributed by atoms with Gasteiger partial charge in [0.25, 0.3) is 0 Å². The molecule has 0 aliphatic carbocycles. The third-order valence-corrected chi connectivity index (χ3v) is 6.29.